The van der Waals surface area contributed by atoms with Crippen molar-refractivity contribution in [2.45, 2.75) is 19.0 Å². The SMILES string of the molecule is COCC(N)C(=O)NCc1cccc(NC(=O)CCN2CCOCC2)c1. The lowest BCUT2D eigenvalue weighted by Crippen LogP contribution is -2.43. The minimum atomic E-state index is -0.692. The lowest BCUT2D eigenvalue weighted by molar-refractivity contribution is -0.123. The number of hydrogen-bond acceptors (Lipinski definition) is 6. The summed E-state index contributed by atoms with van der Waals surface area (Å²) in [7, 11) is 1.50. The summed E-state index contributed by atoms with van der Waals surface area (Å²) in [4.78, 5) is 26.2. The van der Waals surface area contributed by atoms with Gasteiger partial charge in [-0.25, -0.2) is 0 Å². The molecule has 1 aliphatic rings. The highest BCUT2D eigenvalue weighted by atomic mass is 16.5. The number of carbonyl (C=O) groups excluding carboxylic acids is 2. The number of benzene rings is 1. The van der Waals surface area contributed by atoms with Gasteiger partial charge in [0, 0.05) is 45.4 Å². The third-order valence-corrected chi connectivity index (χ3v) is 4.12. The summed E-state index contributed by atoms with van der Waals surface area (Å²) in [5, 5.41) is 5.66. The molecule has 0 bridgehead atoms. The van der Waals surface area contributed by atoms with E-state index in [0.717, 1.165) is 38.4 Å². The van der Waals surface area contributed by atoms with E-state index >= 15 is 0 Å². The van der Waals surface area contributed by atoms with E-state index in [4.69, 9.17) is 15.2 Å². The fraction of sp³-hybridized carbons (Fsp3) is 0.556. The van der Waals surface area contributed by atoms with Crippen LogP contribution in [-0.2, 0) is 25.6 Å². The lowest BCUT2D eigenvalue weighted by Gasteiger charge is -2.26. The highest BCUT2D eigenvalue weighted by Crippen LogP contribution is 2.11. The Balaban J connectivity index is 1.76. The summed E-state index contributed by atoms with van der Waals surface area (Å²) in [6.45, 7) is 4.43. The first-order chi connectivity index (χ1) is 12.6. The van der Waals surface area contributed by atoms with Crippen molar-refractivity contribution < 1.29 is 19.1 Å². The molecular weight excluding hydrogens is 336 g/mol. The quantitative estimate of drug-likeness (QED) is 0.567. The van der Waals surface area contributed by atoms with Gasteiger partial charge in [0.05, 0.1) is 19.8 Å². The second-order valence-electron chi connectivity index (χ2n) is 6.23. The Morgan fingerprint density at radius 1 is 1.35 bits per heavy atom. The van der Waals surface area contributed by atoms with Gasteiger partial charge >= 0.3 is 0 Å². The molecule has 2 rings (SSSR count). The van der Waals surface area contributed by atoms with E-state index in [9.17, 15) is 9.59 Å². The van der Waals surface area contributed by atoms with Crippen molar-refractivity contribution in [1.29, 1.82) is 0 Å². The minimum Gasteiger partial charge on any atom is -0.383 e. The Morgan fingerprint density at radius 3 is 2.85 bits per heavy atom. The second-order valence-corrected chi connectivity index (χ2v) is 6.23. The predicted molar refractivity (Wildman–Crippen MR) is 98.6 cm³/mol. The standard InChI is InChI=1S/C18H28N4O4/c1-25-13-16(19)18(24)20-12-14-3-2-4-15(11-14)21-17(23)5-6-22-7-9-26-10-8-22/h2-4,11,16H,5-10,12-13,19H2,1H3,(H,20,24)(H,21,23). The van der Waals surface area contributed by atoms with Crippen LogP contribution in [-0.4, -0.2) is 69.3 Å². The molecule has 8 nitrogen and oxygen atoms in total. The topological polar surface area (TPSA) is 106 Å². The van der Waals surface area contributed by atoms with Gasteiger partial charge in [0.2, 0.25) is 11.8 Å². The molecule has 4 N–H and O–H groups in total. The van der Waals surface area contributed by atoms with Crippen molar-refractivity contribution in [3.05, 3.63) is 29.8 Å². The zero-order valence-electron chi connectivity index (χ0n) is 15.2. The highest BCUT2D eigenvalue weighted by molar-refractivity contribution is 5.90. The molecule has 0 aliphatic carbocycles. The third-order valence-electron chi connectivity index (χ3n) is 4.12. The number of carbonyl (C=O) groups is 2. The molecule has 1 saturated heterocycles. The summed E-state index contributed by atoms with van der Waals surface area (Å²) in [6, 6.07) is 6.70. The summed E-state index contributed by atoms with van der Waals surface area (Å²) >= 11 is 0. The van der Waals surface area contributed by atoms with Gasteiger partial charge in [-0.3, -0.25) is 14.5 Å². The molecule has 0 radical (unpaired) electrons. The first-order valence-corrected chi connectivity index (χ1v) is 8.79. The maximum absolute atomic E-state index is 12.1. The number of nitrogens with two attached hydrogens (primary N) is 1. The molecule has 8 heteroatoms. The first-order valence-electron chi connectivity index (χ1n) is 8.79. The molecule has 1 unspecified atom stereocenters. The van der Waals surface area contributed by atoms with E-state index in [-0.39, 0.29) is 18.4 Å². The van der Waals surface area contributed by atoms with E-state index in [1.807, 2.05) is 24.3 Å². The summed E-state index contributed by atoms with van der Waals surface area (Å²) in [5.74, 6) is -0.299. The molecule has 26 heavy (non-hydrogen) atoms. The zero-order chi connectivity index (χ0) is 18.8. The molecule has 1 aliphatic heterocycles. The average Bonchev–Trinajstić information content (AvgIpc) is 2.66. The third kappa shape index (κ3) is 7.09. The molecule has 2 amide bonds. The van der Waals surface area contributed by atoms with E-state index in [0.29, 0.717) is 18.7 Å². The van der Waals surface area contributed by atoms with Gasteiger partial charge < -0.3 is 25.8 Å². The van der Waals surface area contributed by atoms with Crippen molar-refractivity contribution in [1.82, 2.24) is 10.2 Å². The number of amides is 2. The van der Waals surface area contributed by atoms with Crippen LogP contribution in [0.3, 0.4) is 0 Å². The Bertz CT molecular complexity index is 590. The van der Waals surface area contributed by atoms with Crippen LogP contribution >= 0.6 is 0 Å². The normalized spacial score (nSPS) is 16.1. The summed E-state index contributed by atoms with van der Waals surface area (Å²) in [5.41, 5.74) is 7.27. The molecule has 1 heterocycles. The minimum absolute atomic E-state index is 0.0280. The van der Waals surface area contributed by atoms with Crippen molar-refractivity contribution in [2.24, 2.45) is 5.73 Å². The van der Waals surface area contributed by atoms with Gasteiger partial charge in [0.1, 0.15) is 6.04 Å². The van der Waals surface area contributed by atoms with Crippen LogP contribution in [0.5, 0.6) is 0 Å². The Hall–Kier alpha value is -2.00. The number of rotatable bonds is 9. The number of ether oxygens (including phenoxy) is 2. The summed E-state index contributed by atoms with van der Waals surface area (Å²) < 4.78 is 10.2. The molecule has 0 saturated carbocycles. The fourth-order valence-corrected chi connectivity index (χ4v) is 2.64. The molecule has 1 atom stereocenters. The van der Waals surface area contributed by atoms with Gasteiger partial charge in [0.15, 0.2) is 0 Å². The molecule has 1 aromatic carbocycles. The summed E-state index contributed by atoms with van der Waals surface area (Å²) in [6.07, 6.45) is 0.437. The number of anilines is 1. The van der Waals surface area contributed by atoms with Crippen LogP contribution < -0.4 is 16.4 Å². The fourth-order valence-electron chi connectivity index (χ4n) is 2.64. The van der Waals surface area contributed by atoms with E-state index in [1.54, 1.807) is 0 Å². The van der Waals surface area contributed by atoms with Crippen molar-refractivity contribution >= 4 is 17.5 Å². The van der Waals surface area contributed by atoms with Crippen LogP contribution in [0.25, 0.3) is 0 Å². The molecule has 0 spiro atoms. The van der Waals surface area contributed by atoms with Crippen LogP contribution in [0.4, 0.5) is 5.69 Å². The smallest absolute Gasteiger partial charge is 0.239 e. The van der Waals surface area contributed by atoms with Gasteiger partial charge in [-0.1, -0.05) is 12.1 Å². The maximum Gasteiger partial charge on any atom is 0.239 e. The van der Waals surface area contributed by atoms with E-state index in [1.165, 1.54) is 7.11 Å². The highest BCUT2D eigenvalue weighted by Gasteiger charge is 2.13. The monoisotopic (exact) mass is 364 g/mol. The first kappa shape index (κ1) is 20.3. The van der Waals surface area contributed by atoms with Crippen molar-refractivity contribution in [2.75, 3.05) is 51.9 Å². The Morgan fingerprint density at radius 2 is 2.12 bits per heavy atom. The lowest BCUT2D eigenvalue weighted by atomic mass is 10.2. The molecule has 144 valence electrons. The maximum atomic E-state index is 12.1. The molecule has 0 aromatic heterocycles. The van der Waals surface area contributed by atoms with Gasteiger partial charge in [-0.15, -0.1) is 0 Å². The van der Waals surface area contributed by atoms with Gasteiger partial charge in [0.25, 0.3) is 0 Å². The molecule has 1 fully saturated rings. The number of morpholine rings is 1. The Labute approximate surface area is 154 Å². The van der Waals surface area contributed by atoms with Crippen LogP contribution in [0.2, 0.25) is 0 Å². The number of hydrogen-bond donors (Lipinski definition) is 3. The zero-order valence-corrected chi connectivity index (χ0v) is 15.2. The number of methoxy groups -OCH3 is 1. The average molecular weight is 364 g/mol. The Kier molecular flexibility index (Phi) is 8.49. The van der Waals surface area contributed by atoms with Crippen molar-refractivity contribution in [3.63, 3.8) is 0 Å². The van der Waals surface area contributed by atoms with Crippen LogP contribution in [0.1, 0.15) is 12.0 Å². The van der Waals surface area contributed by atoms with Gasteiger partial charge in [-0.2, -0.15) is 0 Å². The second kappa shape index (κ2) is 10.9. The predicted octanol–water partition coefficient (Wildman–Crippen LogP) is -0.0627. The van der Waals surface area contributed by atoms with E-state index in [2.05, 4.69) is 15.5 Å². The number of nitrogens with one attached hydrogen (secondary N) is 2. The molecular formula is C18H28N4O4. The largest absolute Gasteiger partial charge is 0.383 e. The van der Waals surface area contributed by atoms with Gasteiger partial charge in [-0.05, 0) is 17.7 Å². The van der Waals surface area contributed by atoms with Crippen LogP contribution in [0, 0.1) is 0 Å². The van der Waals surface area contributed by atoms with Crippen molar-refractivity contribution in [3.8, 4) is 0 Å². The van der Waals surface area contributed by atoms with Crippen LogP contribution in [0.15, 0.2) is 24.3 Å². The molecule has 1 aromatic rings. The van der Waals surface area contributed by atoms with E-state index < -0.39 is 6.04 Å². The number of nitrogens with zero attached hydrogens (tertiary/aromatic N) is 1.